The number of carbonyl (C=O) groups is 2. The lowest BCUT2D eigenvalue weighted by Crippen LogP contribution is -2.53. The molecule has 4 aromatic rings. The van der Waals surface area contributed by atoms with Gasteiger partial charge in [-0.2, -0.15) is 0 Å². The van der Waals surface area contributed by atoms with E-state index >= 15 is 0 Å². The lowest BCUT2D eigenvalue weighted by Gasteiger charge is -2.35. The monoisotopic (exact) mass is 437 g/mol. The molecule has 1 aromatic carbocycles. The van der Waals surface area contributed by atoms with Gasteiger partial charge in [-0.1, -0.05) is 0 Å². The van der Waals surface area contributed by atoms with Crippen molar-refractivity contribution in [2.75, 3.05) is 13.1 Å². The number of hydrogen-bond donors (Lipinski definition) is 2. The summed E-state index contributed by atoms with van der Waals surface area (Å²) in [6, 6.07) is 8.77. The van der Waals surface area contributed by atoms with Crippen molar-refractivity contribution in [2.45, 2.75) is 13.0 Å². The van der Waals surface area contributed by atoms with Gasteiger partial charge < -0.3 is 24.4 Å². The summed E-state index contributed by atoms with van der Waals surface area (Å²) >= 11 is 1.30. The van der Waals surface area contributed by atoms with E-state index in [1.807, 2.05) is 17.7 Å². The number of hydrogen-bond acceptors (Lipinski definition) is 6. The summed E-state index contributed by atoms with van der Waals surface area (Å²) in [6.45, 7) is 2.47. The summed E-state index contributed by atoms with van der Waals surface area (Å²) in [5.41, 5.74) is 2.38. The lowest BCUT2D eigenvalue weighted by atomic mass is 10.1. The number of carbonyl (C=O) groups excluding carboxylic acids is 1. The molecular weight excluding hydrogens is 418 g/mol. The van der Waals surface area contributed by atoms with Crippen LogP contribution in [0.25, 0.3) is 21.1 Å². The predicted molar refractivity (Wildman–Crippen MR) is 116 cm³/mol. The van der Waals surface area contributed by atoms with Gasteiger partial charge in [-0.05, 0) is 25.1 Å². The maximum Gasteiger partial charge on any atom is 0.338 e. The van der Waals surface area contributed by atoms with Gasteiger partial charge in [-0.25, -0.2) is 4.79 Å². The van der Waals surface area contributed by atoms with Crippen LogP contribution in [0.2, 0.25) is 0 Å². The number of β-amino-alcohol motifs (C(OH)–C–C–N with tert-alkyl or cyclic N) is 1. The van der Waals surface area contributed by atoms with E-state index < -0.39 is 12.1 Å². The SMILES string of the molecule is Cc1c(C(=O)O)c2ccc(Oc3ccnc4cc(C(=O)N5CC(O)C5)sc34)cc2n1C. The number of carboxylic acids is 1. The van der Waals surface area contributed by atoms with E-state index in [9.17, 15) is 19.8 Å². The Kier molecular flexibility index (Phi) is 4.45. The van der Waals surface area contributed by atoms with Gasteiger partial charge in [-0.3, -0.25) is 9.78 Å². The summed E-state index contributed by atoms with van der Waals surface area (Å²) in [7, 11) is 1.82. The van der Waals surface area contributed by atoms with Crippen molar-refractivity contribution in [1.82, 2.24) is 14.5 Å². The van der Waals surface area contributed by atoms with Crippen molar-refractivity contribution in [3.8, 4) is 11.5 Å². The molecule has 158 valence electrons. The smallest absolute Gasteiger partial charge is 0.338 e. The van der Waals surface area contributed by atoms with Crippen molar-refractivity contribution in [3.05, 3.63) is 52.7 Å². The van der Waals surface area contributed by atoms with Crippen LogP contribution in [0.1, 0.15) is 25.7 Å². The van der Waals surface area contributed by atoms with E-state index in [4.69, 9.17) is 4.74 Å². The fourth-order valence-electron chi connectivity index (χ4n) is 3.88. The first-order valence-electron chi connectivity index (χ1n) is 9.69. The molecule has 1 aliphatic rings. The van der Waals surface area contributed by atoms with Gasteiger partial charge in [0.1, 0.15) is 11.5 Å². The molecule has 1 fully saturated rings. The van der Waals surface area contributed by atoms with Crippen LogP contribution < -0.4 is 4.74 Å². The van der Waals surface area contributed by atoms with Crippen LogP contribution in [0.15, 0.2) is 36.5 Å². The number of aromatic carboxylic acids is 1. The standard InChI is InChI=1S/C22H19N3O5S/c1-11-19(22(28)29)14-4-3-13(7-16(14)24(11)2)30-17-5-6-23-15-8-18(31-20(15)17)21(27)25-9-12(26)10-25/h3-8,12,26H,9-10H2,1-2H3,(H,28,29). The summed E-state index contributed by atoms with van der Waals surface area (Å²) in [6.07, 6.45) is 1.17. The molecule has 31 heavy (non-hydrogen) atoms. The van der Waals surface area contributed by atoms with Crippen LogP contribution in [0.4, 0.5) is 0 Å². The number of nitrogens with zero attached hydrogens (tertiary/aromatic N) is 3. The number of amides is 1. The topological polar surface area (TPSA) is 105 Å². The third-order valence-electron chi connectivity index (χ3n) is 5.64. The molecule has 1 aliphatic heterocycles. The Balaban J connectivity index is 1.50. The Morgan fingerprint density at radius 3 is 2.71 bits per heavy atom. The quantitative estimate of drug-likeness (QED) is 0.507. The van der Waals surface area contributed by atoms with Crippen LogP contribution in [-0.2, 0) is 7.05 Å². The second-order valence-corrected chi connectivity index (χ2v) is 8.66. The van der Waals surface area contributed by atoms with Crippen molar-refractivity contribution < 1.29 is 24.5 Å². The van der Waals surface area contributed by atoms with Gasteiger partial charge in [0.05, 0.1) is 32.3 Å². The first kappa shape index (κ1) is 19.5. The minimum Gasteiger partial charge on any atom is -0.478 e. The van der Waals surface area contributed by atoms with E-state index in [0.717, 1.165) is 10.2 Å². The molecule has 8 nitrogen and oxygen atoms in total. The highest BCUT2D eigenvalue weighted by atomic mass is 32.1. The highest BCUT2D eigenvalue weighted by Gasteiger charge is 2.30. The summed E-state index contributed by atoms with van der Waals surface area (Å²) < 4.78 is 8.70. The summed E-state index contributed by atoms with van der Waals surface area (Å²) in [4.78, 5) is 30.7. The number of aliphatic hydroxyl groups excluding tert-OH is 1. The Morgan fingerprint density at radius 1 is 1.23 bits per heavy atom. The minimum absolute atomic E-state index is 0.124. The van der Waals surface area contributed by atoms with Gasteiger partial charge in [0.2, 0.25) is 0 Å². The zero-order chi connectivity index (χ0) is 21.9. The summed E-state index contributed by atoms with van der Waals surface area (Å²) in [5.74, 6) is 0.0467. The van der Waals surface area contributed by atoms with Crippen LogP contribution in [-0.4, -0.2) is 55.7 Å². The number of aliphatic hydroxyl groups is 1. The highest BCUT2D eigenvalue weighted by Crippen LogP contribution is 2.37. The molecular formula is C22H19N3O5S. The number of likely N-dealkylation sites (tertiary alicyclic amines) is 1. The van der Waals surface area contributed by atoms with Crippen LogP contribution in [0, 0.1) is 6.92 Å². The maximum atomic E-state index is 12.6. The number of benzene rings is 1. The Morgan fingerprint density at radius 2 is 2.00 bits per heavy atom. The van der Waals surface area contributed by atoms with Crippen LogP contribution in [0.3, 0.4) is 0 Å². The Bertz CT molecular complexity index is 1370. The largest absolute Gasteiger partial charge is 0.478 e. The zero-order valence-electron chi connectivity index (χ0n) is 16.8. The first-order valence-corrected chi connectivity index (χ1v) is 10.5. The number of aryl methyl sites for hydroxylation is 1. The van der Waals surface area contributed by atoms with Crippen LogP contribution in [0.5, 0.6) is 11.5 Å². The average Bonchev–Trinajstić information content (AvgIpc) is 3.26. The number of fused-ring (bicyclic) bond motifs is 2. The number of aromatic nitrogens is 2. The predicted octanol–water partition coefficient (Wildman–Crippen LogP) is 3.40. The molecule has 9 heteroatoms. The molecule has 0 atom stereocenters. The highest BCUT2D eigenvalue weighted by molar-refractivity contribution is 7.21. The third kappa shape index (κ3) is 3.13. The van der Waals surface area contributed by atoms with E-state index in [1.165, 1.54) is 11.3 Å². The molecule has 0 saturated carbocycles. The normalized spacial score (nSPS) is 14.2. The van der Waals surface area contributed by atoms with Crippen molar-refractivity contribution in [1.29, 1.82) is 0 Å². The van der Waals surface area contributed by atoms with E-state index in [1.54, 1.807) is 42.3 Å². The number of pyridine rings is 1. The second kappa shape index (κ2) is 7.07. The third-order valence-corrected chi connectivity index (χ3v) is 6.77. The maximum absolute atomic E-state index is 12.6. The molecule has 1 saturated heterocycles. The number of ether oxygens (including phenoxy) is 1. The number of thiophene rings is 1. The molecule has 3 aromatic heterocycles. The molecule has 4 heterocycles. The molecule has 0 radical (unpaired) electrons. The number of carboxylic acid groups (broad SMARTS) is 1. The van der Waals surface area contributed by atoms with Gasteiger partial charge in [0, 0.05) is 49.5 Å². The molecule has 2 N–H and O–H groups in total. The minimum atomic E-state index is -0.960. The Labute approximate surface area is 180 Å². The van der Waals surface area contributed by atoms with E-state index in [0.29, 0.717) is 46.1 Å². The zero-order valence-corrected chi connectivity index (χ0v) is 17.6. The van der Waals surface area contributed by atoms with Crippen molar-refractivity contribution in [2.24, 2.45) is 7.05 Å². The van der Waals surface area contributed by atoms with Crippen molar-refractivity contribution in [3.63, 3.8) is 0 Å². The lowest BCUT2D eigenvalue weighted by molar-refractivity contribution is 0.00623. The van der Waals surface area contributed by atoms with E-state index in [-0.39, 0.29) is 11.5 Å². The number of rotatable bonds is 4. The Hall–Kier alpha value is -3.43. The first-order chi connectivity index (χ1) is 14.8. The molecule has 5 rings (SSSR count). The van der Waals surface area contributed by atoms with Gasteiger partial charge in [0.25, 0.3) is 5.91 Å². The second-order valence-electron chi connectivity index (χ2n) is 7.60. The molecule has 0 spiro atoms. The van der Waals surface area contributed by atoms with Crippen LogP contribution >= 0.6 is 11.3 Å². The molecule has 0 aliphatic carbocycles. The summed E-state index contributed by atoms with van der Waals surface area (Å²) in [5, 5.41) is 19.6. The van der Waals surface area contributed by atoms with E-state index in [2.05, 4.69) is 4.98 Å². The molecule has 0 bridgehead atoms. The molecule has 1 amide bonds. The van der Waals surface area contributed by atoms with Gasteiger partial charge in [-0.15, -0.1) is 11.3 Å². The van der Waals surface area contributed by atoms with Gasteiger partial charge in [0.15, 0.2) is 0 Å². The van der Waals surface area contributed by atoms with Crippen molar-refractivity contribution >= 4 is 44.3 Å². The molecule has 0 unspecified atom stereocenters. The fraction of sp³-hybridized carbons (Fsp3) is 0.227. The average molecular weight is 437 g/mol. The fourth-order valence-corrected chi connectivity index (χ4v) is 4.91. The van der Waals surface area contributed by atoms with Gasteiger partial charge >= 0.3 is 5.97 Å².